The van der Waals surface area contributed by atoms with Crippen molar-refractivity contribution in [1.29, 1.82) is 0 Å². The largest absolute Gasteiger partial charge is 0.468 e. The Balaban J connectivity index is 2.10. The van der Waals surface area contributed by atoms with E-state index in [0.29, 0.717) is 12.0 Å². The van der Waals surface area contributed by atoms with E-state index >= 15 is 0 Å². The molecular formula is C14H25NO2S. The number of hydrogen-bond donors (Lipinski definition) is 1. The Morgan fingerprint density at radius 3 is 2.28 bits per heavy atom. The number of thioether (sulfide) groups is 1. The highest BCUT2D eigenvalue weighted by Gasteiger charge is 2.54. The average molecular weight is 271 g/mol. The minimum Gasteiger partial charge on any atom is -0.468 e. The monoisotopic (exact) mass is 271 g/mol. The summed E-state index contributed by atoms with van der Waals surface area (Å²) in [5, 5.41) is 3.59. The Morgan fingerprint density at radius 2 is 1.89 bits per heavy atom. The molecule has 1 N–H and O–H groups in total. The fourth-order valence-electron chi connectivity index (χ4n) is 2.24. The van der Waals surface area contributed by atoms with E-state index in [0.717, 1.165) is 18.6 Å². The van der Waals surface area contributed by atoms with Crippen molar-refractivity contribution in [3.63, 3.8) is 0 Å². The number of carbonyl (C=O) groups excluding carboxylic acids is 1. The molecule has 0 aromatic heterocycles. The average Bonchev–Trinajstić information content (AvgIpc) is 3.13. The lowest BCUT2D eigenvalue weighted by atomic mass is 9.95. The number of esters is 1. The first-order chi connectivity index (χ1) is 8.37. The van der Waals surface area contributed by atoms with Crippen LogP contribution in [0.2, 0.25) is 0 Å². The van der Waals surface area contributed by atoms with E-state index in [1.54, 1.807) is 0 Å². The molecule has 2 saturated carbocycles. The summed E-state index contributed by atoms with van der Waals surface area (Å²) in [5.74, 6) is 1.23. The van der Waals surface area contributed by atoms with Crippen LogP contribution in [0.15, 0.2) is 0 Å². The zero-order valence-corrected chi connectivity index (χ0v) is 12.7. The Hall–Kier alpha value is -0.220. The third kappa shape index (κ3) is 3.41. The van der Waals surface area contributed by atoms with Crippen LogP contribution in [0, 0.1) is 5.92 Å². The maximum absolute atomic E-state index is 12.3. The first-order valence-corrected chi connectivity index (χ1v) is 7.86. The molecule has 4 heteroatoms. The summed E-state index contributed by atoms with van der Waals surface area (Å²) in [4.78, 5) is 12.3. The van der Waals surface area contributed by atoms with Crippen molar-refractivity contribution in [3.05, 3.63) is 0 Å². The molecule has 0 saturated heterocycles. The molecule has 2 aliphatic carbocycles. The summed E-state index contributed by atoms with van der Waals surface area (Å²) in [6.45, 7) is 6.59. The van der Waals surface area contributed by atoms with Gasteiger partial charge in [-0.05, 0) is 31.6 Å². The van der Waals surface area contributed by atoms with Gasteiger partial charge in [0.15, 0.2) is 0 Å². The molecule has 1 unspecified atom stereocenters. The number of hydrogen-bond acceptors (Lipinski definition) is 4. The summed E-state index contributed by atoms with van der Waals surface area (Å²) in [6.07, 6.45) is 4.70. The topological polar surface area (TPSA) is 38.3 Å². The Morgan fingerprint density at radius 1 is 1.28 bits per heavy atom. The van der Waals surface area contributed by atoms with Crippen LogP contribution in [0.25, 0.3) is 0 Å². The molecule has 3 nitrogen and oxygen atoms in total. The molecule has 0 aromatic carbocycles. The lowest BCUT2D eigenvalue weighted by Crippen LogP contribution is -2.58. The standard InChI is InChI=1S/C14H25NO2S/c1-13(2,3)18-9-14(10-5-6-10,12(16)17-4)15-11-7-8-11/h10-11,15H,5-9H2,1-4H3. The van der Waals surface area contributed by atoms with Gasteiger partial charge >= 0.3 is 5.97 Å². The minimum absolute atomic E-state index is 0.0614. The van der Waals surface area contributed by atoms with Crippen molar-refractivity contribution < 1.29 is 9.53 Å². The lowest BCUT2D eigenvalue weighted by Gasteiger charge is -2.34. The number of rotatable bonds is 6. The van der Waals surface area contributed by atoms with Crippen LogP contribution in [0.1, 0.15) is 46.5 Å². The Kier molecular flexibility index (Phi) is 3.98. The zero-order chi connectivity index (χ0) is 13.4. The van der Waals surface area contributed by atoms with Gasteiger partial charge in [0.25, 0.3) is 0 Å². The number of nitrogens with one attached hydrogen (secondary N) is 1. The van der Waals surface area contributed by atoms with Gasteiger partial charge in [0, 0.05) is 16.5 Å². The SMILES string of the molecule is COC(=O)C(CSC(C)(C)C)(NC1CC1)C1CC1. The molecule has 18 heavy (non-hydrogen) atoms. The Bertz CT molecular complexity index is 318. The van der Waals surface area contributed by atoms with E-state index in [1.807, 2.05) is 11.8 Å². The highest BCUT2D eigenvalue weighted by Crippen LogP contribution is 2.45. The van der Waals surface area contributed by atoms with Crippen LogP contribution in [0.4, 0.5) is 0 Å². The zero-order valence-electron chi connectivity index (χ0n) is 11.9. The van der Waals surface area contributed by atoms with Gasteiger partial charge in [0.1, 0.15) is 5.54 Å². The van der Waals surface area contributed by atoms with Crippen LogP contribution >= 0.6 is 11.8 Å². The molecule has 0 aliphatic heterocycles. The van der Waals surface area contributed by atoms with Gasteiger partial charge in [-0.3, -0.25) is 10.1 Å². The molecule has 2 fully saturated rings. The van der Waals surface area contributed by atoms with Crippen molar-refractivity contribution in [2.45, 2.75) is 62.8 Å². The summed E-state index contributed by atoms with van der Waals surface area (Å²) in [5.41, 5.74) is -0.437. The van der Waals surface area contributed by atoms with Crippen molar-refractivity contribution in [2.75, 3.05) is 12.9 Å². The summed E-state index contributed by atoms with van der Waals surface area (Å²) >= 11 is 1.86. The molecular weight excluding hydrogens is 246 g/mol. The van der Waals surface area contributed by atoms with Crippen LogP contribution in [-0.4, -0.2) is 35.2 Å². The van der Waals surface area contributed by atoms with E-state index in [-0.39, 0.29) is 10.7 Å². The predicted octanol–water partition coefficient (Wildman–Crippen LogP) is 2.59. The van der Waals surface area contributed by atoms with E-state index in [9.17, 15) is 4.79 Å². The highest BCUT2D eigenvalue weighted by atomic mass is 32.2. The van der Waals surface area contributed by atoms with E-state index in [1.165, 1.54) is 20.0 Å². The van der Waals surface area contributed by atoms with Gasteiger partial charge in [0.05, 0.1) is 7.11 Å². The maximum atomic E-state index is 12.3. The van der Waals surface area contributed by atoms with Gasteiger partial charge in [0.2, 0.25) is 0 Å². The minimum atomic E-state index is -0.437. The molecule has 104 valence electrons. The number of methoxy groups -OCH3 is 1. The molecule has 0 radical (unpaired) electrons. The molecule has 0 spiro atoms. The first-order valence-electron chi connectivity index (χ1n) is 6.87. The van der Waals surface area contributed by atoms with Crippen LogP contribution in [0.3, 0.4) is 0 Å². The van der Waals surface area contributed by atoms with E-state index in [2.05, 4.69) is 26.1 Å². The second-order valence-electron chi connectivity index (χ2n) is 6.56. The third-order valence-electron chi connectivity index (χ3n) is 3.60. The van der Waals surface area contributed by atoms with Gasteiger partial charge in [-0.2, -0.15) is 11.8 Å². The van der Waals surface area contributed by atoms with Crippen LogP contribution in [-0.2, 0) is 9.53 Å². The Labute approximate surface area is 114 Å². The summed E-state index contributed by atoms with van der Waals surface area (Å²) < 4.78 is 5.28. The van der Waals surface area contributed by atoms with Gasteiger partial charge in [-0.15, -0.1) is 0 Å². The van der Waals surface area contributed by atoms with Gasteiger partial charge in [-0.25, -0.2) is 0 Å². The fraction of sp³-hybridized carbons (Fsp3) is 0.929. The summed E-state index contributed by atoms with van der Waals surface area (Å²) in [7, 11) is 1.51. The van der Waals surface area contributed by atoms with Gasteiger partial charge in [-0.1, -0.05) is 20.8 Å². The van der Waals surface area contributed by atoms with Gasteiger partial charge < -0.3 is 4.74 Å². The molecule has 0 amide bonds. The molecule has 0 bridgehead atoms. The normalized spacial score (nSPS) is 23.6. The number of carbonyl (C=O) groups is 1. The van der Waals surface area contributed by atoms with Crippen LogP contribution in [0.5, 0.6) is 0 Å². The second-order valence-corrected chi connectivity index (χ2v) is 8.36. The van der Waals surface area contributed by atoms with Crippen molar-refractivity contribution in [3.8, 4) is 0 Å². The molecule has 2 aliphatic rings. The highest BCUT2D eigenvalue weighted by molar-refractivity contribution is 8.00. The summed E-state index contributed by atoms with van der Waals surface area (Å²) in [6, 6.07) is 0.533. The second kappa shape index (κ2) is 5.04. The molecule has 1 atom stereocenters. The van der Waals surface area contributed by atoms with E-state index in [4.69, 9.17) is 4.74 Å². The number of ether oxygens (including phenoxy) is 1. The predicted molar refractivity (Wildman–Crippen MR) is 75.8 cm³/mol. The first kappa shape index (κ1) is 14.2. The maximum Gasteiger partial charge on any atom is 0.327 e. The fourth-order valence-corrected chi connectivity index (χ4v) is 3.34. The van der Waals surface area contributed by atoms with Crippen molar-refractivity contribution in [2.24, 2.45) is 5.92 Å². The lowest BCUT2D eigenvalue weighted by molar-refractivity contribution is -0.148. The molecule has 0 heterocycles. The van der Waals surface area contributed by atoms with Crippen LogP contribution < -0.4 is 5.32 Å². The van der Waals surface area contributed by atoms with E-state index < -0.39 is 5.54 Å². The van der Waals surface area contributed by atoms with Crippen molar-refractivity contribution in [1.82, 2.24) is 5.32 Å². The molecule has 2 rings (SSSR count). The third-order valence-corrected chi connectivity index (χ3v) is 5.06. The molecule has 0 aromatic rings. The van der Waals surface area contributed by atoms with Crippen molar-refractivity contribution >= 4 is 17.7 Å². The quantitative estimate of drug-likeness (QED) is 0.754. The smallest absolute Gasteiger partial charge is 0.327 e.